The fourth-order valence-corrected chi connectivity index (χ4v) is 3.69. The van der Waals surface area contributed by atoms with Crippen molar-refractivity contribution in [2.24, 2.45) is 0 Å². The lowest BCUT2D eigenvalue weighted by atomic mass is 10.0. The molecule has 150 valence electrons. The van der Waals surface area contributed by atoms with Crippen LogP contribution in [0.1, 0.15) is 22.4 Å². The van der Waals surface area contributed by atoms with Gasteiger partial charge in [0.05, 0.1) is 19.9 Å². The SMILES string of the molecule is COc1cc(C)c(CN2CCc3c(nc(-c4ccccn4)[nH]c3=O)C2)cc1OC. The molecule has 7 heteroatoms. The van der Waals surface area contributed by atoms with E-state index in [0.29, 0.717) is 24.5 Å². The summed E-state index contributed by atoms with van der Waals surface area (Å²) in [5.74, 6) is 1.96. The number of hydrogen-bond acceptors (Lipinski definition) is 6. The number of hydrogen-bond donors (Lipinski definition) is 1. The van der Waals surface area contributed by atoms with Gasteiger partial charge in [-0.05, 0) is 48.7 Å². The molecule has 0 bridgehead atoms. The van der Waals surface area contributed by atoms with Crippen LogP contribution < -0.4 is 15.0 Å². The molecule has 0 fully saturated rings. The van der Waals surface area contributed by atoms with Crippen LogP contribution >= 0.6 is 0 Å². The first-order chi connectivity index (χ1) is 14.1. The van der Waals surface area contributed by atoms with Crippen LogP contribution in [0.15, 0.2) is 41.3 Å². The van der Waals surface area contributed by atoms with Gasteiger partial charge in [-0.15, -0.1) is 0 Å². The van der Waals surface area contributed by atoms with Crippen molar-refractivity contribution >= 4 is 0 Å². The number of aryl methyl sites for hydroxylation is 1. The Bertz CT molecular complexity index is 1080. The van der Waals surface area contributed by atoms with Gasteiger partial charge in [0.1, 0.15) is 5.69 Å². The molecule has 0 amide bonds. The van der Waals surface area contributed by atoms with Crippen LogP contribution in [0.3, 0.4) is 0 Å². The molecule has 4 rings (SSSR count). The van der Waals surface area contributed by atoms with E-state index in [9.17, 15) is 4.79 Å². The molecule has 2 aromatic heterocycles. The molecule has 0 saturated heterocycles. The van der Waals surface area contributed by atoms with Gasteiger partial charge in [0.2, 0.25) is 0 Å². The number of rotatable bonds is 5. The first-order valence-corrected chi connectivity index (χ1v) is 9.56. The zero-order valence-corrected chi connectivity index (χ0v) is 16.9. The molecule has 0 radical (unpaired) electrons. The summed E-state index contributed by atoms with van der Waals surface area (Å²) >= 11 is 0. The molecular weight excluding hydrogens is 368 g/mol. The summed E-state index contributed by atoms with van der Waals surface area (Å²) in [4.78, 5) is 26.7. The lowest BCUT2D eigenvalue weighted by molar-refractivity contribution is 0.239. The number of nitrogens with one attached hydrogen (secondary N) is 1. The summed E-state index contributed by atoms with van der Waals surface area (Å²) < 4.78 is 10.8. The standard InChI is InChI=1S/C22H24N4O3/c1-14-10-19(28-2)20(29-3)11-15(14)12-26-9-7-16-18(13-26)24-21(25-22(16)27)17-6-4-5-8-23-17/h4-6,8,10-11H,7,9,12-13H2,1-3H3,(H,24,25,27). The van der Waals surface area contributed by atoms with E-state index in [4.69, 9.17) is 14.5 Å². The summed E-state index contributed by atoms with van der Waals surface area (Å²) in [5.41, 5.74) is 4.49. The second-order valence-electron chi connectivity index (χ2n) is 7.15. The van der Waals surface area contributed by atoms with Gasteiger partial charge in [0.25, 0.3) is 5.56 Å². The molecule has 3 aromatic rings. The number of fused-ring (bicyclic) bond motifs is 1. The summed E-state index contributed by atoms with van der Waals surface area (Å²) in [6.45, 7) is 4.23. The fourth-order valence-electron chi connectivity index (χ4n) is 3.69. The summed E-state index contributed by atoms with van der Waals surface area (Å²) in [7, 11) is 3.28. The van der Waals surface area contributed by atoms with Crippen LogP contribution in [-0.4, -0.2) is 40.6 Å². The lowest BCUT2D eigenvalue weighted by Crippen LogP contribution is -2.35. The van der Waals surface area contributed by atoms with Gasteiger partial charge >= 0.3 is 0 Å². The van der Waals surface area contributed by atoms with Crippen molar-refractivity contribution in [3.8, 4) is 23.0 Å². The highest BCUT2D eigenvalue weighted by Crippen LogP contribution is 2.31. The third kappa shape index (κ3) is 3.86. The minimum Gasteiger partial charge on any atom is -0.493 e. The predicted molar refractivity (Wildman–Crippen MR) is 110 cm³/mol. The summed E-state index contributed by atoms with van der Waals surface area (Å²) in [5, 5.41) is 0. The Morgan fingerprint density at radius 3 is 2.69 bits per heavy atom. The number of methoxy groups -OCH3 is 2. The van der Waals surface area contributed by atoms with Crippen molar-refractivity contribution in [3.05, 3.63) is 69.3 Å². The zero-order chi connectivity index (χ0) is 20.4. The normalized spacial score (nSPS) is 13.8. The number of ether oxygens (including phenoxy) is 2. The molecule has 29 heavy (non-hydrogen) atoms. The van der Waals surface area contributed by atoms with Crippen LogP contribution in [-0.2, 0) is 19.5 Å². The molecule has 3 heterocycles. The Morgan fingerprint density at radius 1 is 1.17 bits per heavy atom. The van der Waals surface area contributed by atoms with Gasteiger partial charge in [-0.1, -0.05) is 6.07 Å². The Balaban J connectivity index is 1.60. The summed E-state index contributed by atoms with van der Waals surface area (Å²) in [6, 6.07) is 9.59. The van der Waals surface area contributed by atoms with Crippen molar-refractivity contribution in [3.63, 3.8) is 0 Å². The van der Waals surface area contributed by atoms with Gasteiger partial charge in [-0.3, -0.25) is 14.7 Å². The predicted octanol–water partition coefficient (Wildman–Crippen LogP) is 2.72. The fraction of sp³-hybridized carbons (Fsp3) is 0.318. The summed E-state index contributed by atoms with van der Waals surface area (Å²) in [6.07, 6.45) is 2.37. The maximum atomic E-state index is 12.6. The van der Waals surface area contributed by atoms with E-state index < -0.39 is 0 Å². The highest BCUT2D eigenvalue weighted by molar-refractivity contribution is 5.49. The highest BCUT2D eigenvalue weighted by Gasteiger charge is 2.22. The van der Waals surface area contributed by atoms with Gasteiger partial charge in [-0.25, -0.2) is 4.98 Å². The van der Waals surface area contributed by atoms with Gasteiger partial charge in [0.15, 0.2) is 17.3 Å². The van der Waals surface area contributed by atoms with E-state index in [-0.39, 0.29) is 5.56 Å². The Labute approximate surface area is 169 Å². The van der Waals surface area contributed by atoms with Crippen molar-refractivity contribution in [1.29, 1.82) is 0 Å². The maximum Gasteiger partial charge on any atom is 0.254 e. The average molecular weight is 392 g/mol. The molecule has 1 aliphatic heterocycles. The molecular formula is C22H24N4O3. The number of pyridine rings is 1. The maximum absolute atomic E-state index is 12.6. The zero-order valence-electron chi connectivity index (χ0n) is 16.9. The molecule has 1 aromatic carbocycles. The van der Waals surface area contributed by atoms with Crippen molar-refractivity contribution < 1.29 is 9.47 Å². The molecule has 7 nitrogen and oxygen atoms in total. The van der Waals surface area contributed by atoms with E-state index in [0.717, 1.165) is 41.4 Å². The van der Waals surface area contributed by atoms with Crippen molar-refractivity contribution in [2.45, 2.75) is 26.4 Å². The van der Waals surface area contributed by atoms with Crippen molar-refractivity contribution in [1.82, 2.24) is 19.9 Å². The monoisotopic (exact) mass is 392 g/mol. The topological polar surface area (TPSA) is 80.3 Å². The third-order valence-corrected chi connectivity index (χ3v) is 5.30. The number of H-pyrrole nitrogens is 1. The average Bonchev–Trinajstić information content (AvgIpc) is 2.75. The van der Waals surface area contributed by atoms with E-state index in [1.54, 1.807) is 20.4 Å². The smallest absolute Gasteiger partial charge is 0.254 e. The van der Waals surface area contributed by atoms with Crippen LogP contribution in [0.25, 0.3) is 11.5 Å². The molecule has 0 aliphatic carbocycles. The van der Waals surface area contributed by atoms with Crippen LogP contribution in [0.4, 0.5) is 0 Å². The molecule has 0 spiro atoms. The molecule has 0 atom stereocenters. The molecule has 1 N–H and O–H groups in total. The minimum atomic E-state index is -0.0717. The first kappa shape index (κ1) is 19.1. The van der Waals surface area contributed by atoms with Gasteiger partial charge in [-0.2, -0.15) is 0 Å². The number of benzene rings is 1. The highest BCUT2D eigenvalue weighted by atomic mass is 16.5. The minimum absolute atomic E-state index is 0.0717. The quantitative estimate of drug-likeness (QED) is 0.719. The van der Waals surface area contributed by atoms with Gasteiger partial charge < -0.3 is 14.5 Å². The van der Waals surface area contributed by atoms with Crippen LogP contribution in [0.2, 0.25) is 0 Å². The number of nitrogens with zero attached hydrogens (tertiary/aromatic N) is 3. The second kappa shape index (κ2) is 8.05. The van der Waals surface area contributed by atoms with Gasteiger partial charge in [0, 0.05) is 31.4 Å². The first-order valence-electron chi connectivity index (χ1n) is 9.56. The van der Waals surface area contributed by atoms with Crippen LogP contribution in [0.5, 0.6) is 11.5 Å². The second-order valence-corrected chi connectivity index (χ2v) is 7.15. The van der Waals surface area contributed by atoms with E-state index in [1.165, 1.54) is 5.56 Å². The van der Waals surface area contributed by atoms with E-state index in [2.05, 4.69) is 21.8 Å². The van der Waals surface area contributed by atoms with Crippen LogP contribution in [0, 0.1) is 6.92 Å². The number of aromatic amines is 1. The Morgan fingerprint density at radius 2 is 1.97 bits per heavy atom. The Kier molecular flexibility index (Phi) is 5.31. The van der Waals surface area contributed by atoms with Crippen molar-refractivity contribution in [2.75, 3.05) is 20.8 Å². The van der Waals surface area contributed by atoms with E-state index in [1.807, 2.05) is 30.3 Å². The Hall–Kier alpha value is -3.19. The number of aromatic nitrogens is 3. The lowest BCUT2D eigenvalue weighted by Gasteiger charge is -2.28. The molecule has 0 unspecified atom stereocenters. The largest absolute Gasteiger partial charge is 0.493 e. The molecule has 0 saturated carbocycles. The molecule has 1 aliphatic rings. The van der Waals surface area contributed by atoms with E-state index >= 15 is 0 Å². The third-order valence-electron chi connectivity index (χ3n) is 5.30.